The summed E-state index contributed by atoms with van der Waals surface area (Å²) in [6.07, 6.45) is 0. The van der Waals surface area contributed by atoms with E-state index in [0.29, 0.717) is 5.70 Å². The summed E-state index contributed by atoms with van der Waals surface area (Å²) in [4.78, 5) is 0. The zero-order valence-electron chi connectivity index (χ0n) is 19.8. The molecule has 0 aromatic rings. The fourth-order valence-electron chi connectivity index (χ4n) is 1.11. The molecule has 0 aliphatic heterocycles. The summed E-state index contributed by atoms with van der Waals surface area (Å²) in [5.41, 5.74) is 90.7. The van der Waals surface area contributed by atoms with Gasteiger partial charge < -0.3 is 5.73 Å². The highest BCUT2D eigenvalue weighted by molar-refractivity contribution is 4.96. The van der Waals surface area contributed by atoms with Crippen molar-refractivity contribution in [2.24, 2.45) is 5.73 Å². The molecule has 0 aromatic heterocycles. The minimum Gasteiger partial charge on any atom is -0.395 e. The third-order valence-electron chi connectivity index (χ3n) is 2.29. The minimum atomic E-state index is 0.485. The number of allylic oxidation sites excluding steroid dienone is 1. The van der Waals surface area contributed by atoms with Crippen molar-refractivity contribution >= 4 is 0 Å². The summed E-state index contributed by atoms with van der Waals surface area (Å²) in [6, 6.07) is 0. The van der Waals surface area contributed by atoms with Gasteiger partial charge in [0, 0.05) is 91.7 Å². The predicted molar refractivity (Wildman–Crippen MR) is 138 cm³/mol. The lowest BCUT2D eigenvalue weighted by atomic mass is 10.5. The van der Waals surface area contributed by atoms with Gasteiger partial charge in [-0.3, -0.25) is 0 Å². The highest BCUT2D eigenvalue weighted by Gasteiger charge is 1.60. The number of nitrogens with two attached hydrogens (primary N) is 1. The lowest BCUT2D eigenvalue weighted by molar-refractivity contribution is 1.33. The molecule has 1 nitrogen and oxygen atoms in total. The first kappa shape index (κ1) is 30.1. The van der Waals surface area contributed by atoms with E-state index < -0.39 is 0 Å². The lowest BCUT2D eigenvalue weighted by Crippen LogP contribution is -1.85. The Kier molecular flexibility index (Phi) is 21.4. The van der Waals surface area contributed by atoms with Gasteiger partial charge in [-0.25, -0.2) is 0 Å². The molecule has 1 heteroatoms. The summed E-state index contributed by atoms with van der Waals surface area (Å²) in [5, 5.41) is 0. The zero-order valence-corrected chi connectivity index (χ0v) is 19.8. The Hall–Kier alpha value is -7.94. The van der Waals surface area contributed by atoms with Crippen molar-refractivity contribution in [3.63, 3.8) is 0 Å². The van der Waals surface area contributed by atoms with Crippen LogP contribution in [0.25, 0.3) is 0 Å². The van der Waals surface area contributed by atoms with E-state index in [2.05, 4.69) is 201 Å². The Balaban J connectivity index is 6.00. The molecule has 38 heavy (non-hydrogen) atoms. The second-order valence-corrected chi connectivity index (χ2v) is 4.98. The van der Waals surface area contributed by atoms with Crippen molar-refractivity contribution in [1.82, 2.24) is 0 Å². The Morgan fingerprint density at radius 3 is 0.632 bits per heavy atom. The Bertz CT molecular complexity index is 2350. The van der Waals surface area contributed by atoms with Gasteiger partial charge in [0.25, 0.3) is 0 Å². The molecule has 0 heterocycles. The van der Waals surface area contributed by atoms with E-state index in [1.807, 2.05) is 0 Å². The van der Waals surface area contributed by atoms with Gasteiger partial charge in [-0.1, -0.05) is 5.73 Å². The van der Waals surface area contributed by atoms with E-state index in [4.69, 9.17) is 5.73 Å². The second kappa shape index (κ2) is 27.1. The molecule has 0 rings (SSSR count). The molecule has 0 aromatic carbocycles. The van der Waals surface area contributed by atoms with Gasteiger partial charge in [0.2, 0.25) is 0 Å². The van der Waals surface area contributed by atoms with Crippen LogP contribution < -0.4 is 5.73 Å². The van der Waals surface area contributed by atoms with Crippen molar-refractivity contribution in [2.45, 2.75) is 6.92 Å². The molecule has 0 aliphatic carbocycles. The van der Waals surface area contributed by atoms with Crippen molar-refractivity contribution < 1.29 is 0 Å². The minimum absolute atomic E-state index is 0.485. The Morgan fingerprint density at radius 1 is 0.316 bits per heavy atom. The molecule has 0 aliphatic rings. The molecule has 0 saturated carbocycles. The SMILES string of the molecule is C=C=C=C=C=C=C=C=C=C=C=C=C=C=C=C=C=C=C=C=C=C=C=C=C=C=C=C=C=C=C=C=C=C=C=C(C)N. The monoisotopic (exact) mass is 465 g/mol. The van der Waals surface area contributed by atoms with Crippen LogP contribution in [-0.4, -0.2) is 0 Å². The third kappa shape index (κ3) is 28.1. The van der Waals surface area contributed by atoms with Crippen LogP contribution in [0.15, 0.2) is 207 Å². The highest BCUT2D eigenvalue weighted by atomic mass is 14.5. The highest BCUT2D eigenvalue weighted by Crippen LogP contribution is 1.68. The van der Waals surface area contributed by atoms with Crippen LogP contribution in [0, 0.1) is 0 Å². The van der Waals surface area contributed by atoms with E-state index >= 15 is 0 Å². The van der Waals surface area contributed by atoms with Gasteiger partial charge >= 0.3 is 0 Å². The van der Waals surface area contributed by atoms with Crippen molar-refractivity contribution in [3.05, 3.63) is 207 Å². The molecule has 0 atom stereocenters. The predicted octanol–water partition coefficient (Wildman–Crippen LogP) is 5.75. The van der Waals surface area contributed by atoms with E-state index in [1.54, 1.807) is 6.92 Å². The summed E-state index contributed by atoms with van der Waals surface area (Å²) in [6.45, 7) is 4.99. The topological polar surface area (TPSA) is 26.0 Å². The maximum atomic E-state index is 5.36. The van der Waals surface area contributed by atoms with Crippen LogP contribution in [0.5, 0.6) is 0 Å². The molecule has 0 bridgehead atoms. The maximum Gasteiger partial charge on any atom is 0.0571 e. The molecule has 2 N–H and O–H groups in total. The maximum absolute atomic E-state index is 5.36. The normalized spacial score (nSPS) is 4.24. The molecule has 0 radical (unpaired) electrons. The lowest BCUT2D eigenvalue weighted by Gasteiger charge is -1.70. The van der Waals surface area contributed by atoms with Crippen LogP contribution in [0.1, 0.15) is 6.92 Å². The first-order valence-corrected chi connectivity index (χ1v) is 9.64. The molecule has 0 spiro atoms. The van der Waals surface area contributed by atoms with Gasteiger partial charge in [-0.15, -0.1) is 0 Å². The largest absolute Gasteiger partial charge is 0.395 e. The van der Waals surface area contributed by atoms with E-state index in [-0.39, 0.29) is 0 Å². The van der Waals surface area contributed by atoms with Gasteiger partial charge in [0.1, 0.15) is 0 Å². The van der Waals surface area contributed by atoms with E-state index in [9.17, 15) is 0 Å². The average molecular weight is 465 g/mol. The molecule has 0 saturated heterocycles. The van der Waals surface area contributed by atoms with E-state index in [0.717, 1.165) is 0 Å². The number of rotatable bonds is 0. The van der Waals surface area contributed by atoms with Gasteiger partial charge in [-0.05, 0) is 111 Å². The summed E-state index contributed by atoms with van der Waals surface area (Å²) in [7, 11) is 0. The summed E-state index contributed by atoms with van der Waals surface area (Å²) < 4.78 is 0. The summed E-state index contributed by atoms with van der Waals surface area (Å²) in [5.74, 6) is 0. The standard InChI is InChI=1S/C37H7N/c1-3-4-5-6-7-8-9-10-11-12-13-14-15-16-17-18-19-20-21-22-23-24-25-26-27-28-29-30-31-32-33-34-35-36-37(2)38/h1,38H2,2H3. The molecule has 0 unspecified atom stereocenters. The molecule has 0 fully saturated rings. The fraction of sp³-hybridized carbons (Fsp3) is 0.0270. The van der Waals surface area contributed by atoms with Gasteiger partial charge in [0.05, 0.1) is 5.70 Å². The molecular weight excluding hydrogens is 458 g/mol. The van der Waals surface area contributed by atoms with Crippen LogP contribution in [0.3, 0.4) is 0 Å². The molecule has 160 valence electrons. The van der Waals surface area contributed by atoms with Gasteiger partial charge in [0.15, 0.2) is 0 Å². The number of hydrogen-bond acceptors (Lipinski definition) is 1. The summed E-state index contributed by atoms with van der Waals surface area (Å²) >= 11 is 0. The molecule has 0 amide bonds. The zero-order chi connectivity index (χ0) is 27.6. The molecular formula is C37H7N. The average Bonchev–Trinajstić information content (AvgIpc) is 2.91. The Morgan fingerprint density at radius 2 is 0.474 bits per heavy atom. The Labute approximate surface area is 219 Å². The van der Waals surface area contributed by atoms with Crippen LogP contribution in [0.2, 0.25) is 0 Å². The van der Waals surface area contributed by atoms with Crippen molar-refractivity contribution in [2.75, 3.05) is 0 Å². The van der Waals surface area contributed by atoms with E-state index in [1.165, 1.54) is 0 Å². The number of hydrogen-bond donors (Lipinski definition) is 1. The van der Waals surface area contributed by atoms with Crippen LogP contribution in [-0.2, 0) is 0 Å². The van der Waals surface area contributed by atoms with Crippen molar-refractivity contribution in [1.29, 1.82) is 0 Å². The van der Waals surface area contributed by atoms with Crippen LogP contribution in [0.4, 0.5) is 0 Å². The first-order chi connectivity index (χ1) is 18.8. The fourth-order valence-corrected chi connectivity index (χ4v) is 1.11. The van der Waals surface area contributed by atoms with Gasteiger partial charge in [-0.2, -0.15) is 0 Å². The van der Waals surface area contributed by atoms with Crippen LogP contribution >= 0.6 is 0 Å². The quantitative estimate of drug-likeness (QED) is 0.453. The third-order valence-corrected chi connectivity index (χ3v) is 2.29. The first-order valence-electron chi connectivity index (χ1n) is 9.64. The van der Waals surface area contributed by atoms with Crippen molar-refractivity contribution in [3.8, 4) is 0 Å². The second-order valence-electron chi connectivity index (χ2n) is 4.98. The smallest absolute Gasteiger partial charge is 0.0571 e.